The Kier molecular flexibility index (Phi) is 4.98. The van der Waals surface area contributed by atoms with Gasteiger partial charge in [-0.1, -0.05) is 30.4 Å². The molecule has 0 saturated carbocycles. The van der Waals surface area contributed by atoms with E-state index in [1.807, 2.05) is 13.8 Å². The number of morpholine rings is 1. The minimum Gasteiger partial charge on any atom is -0.389 e. The zero-order chi connectivity index (χ0) is 15.6. The lowest BCUT2D eigenvalue weighted by atomic mass is 10.1. The Morgan fingerprint density at radius 2 is 2.00 bits per heavy atom. The molecule has 1 aromatic rings. The SMILES string of the molecule is CC1CN(S(=O)(=O)Cc2cccc(C(N)=S)c2)CC(C)O1. The molecule has 2 unspecified atom stereocenters. The van der Waals surface area contributed by atoms with Crippen LogP contribution in [0.3, 0.4) is 0 Å². The highest BCUT2D eigenvalue weighted by atomic mass is 32.2. The highest BCUT2D eigenvalue weighted by Crippen LogP contribution is 2.18. The van der Waals surface area contributed by atoms with Crippen LogP contribution in [0.5, 0.6) is 0 Å². The molecule has 0 radical (unpaired) electrons. The van der Waals surface area contributed by atoms with Crippen LogP contribution in [0.2, 0.25) is 0 Å². The van der Waals surface area contributed by atoms with Gasteiger partial charge < -0.3 is 10.5 Å². The van der Waals surface area contributed by atoms with Crippen molar-refractivity contribution in [3.63, 3.8) is 0 Å². The maximum Gasteiger partial charge on any atom is 0.218 e. The van der Waals surface area contributed by atoms with Crippen LogP contribution in [0.25, 0.3) is 0 Å². The molecule has 1 saturated heterocycles. The van der Waals surface area contributed by atoms with Crippen molar-refractivity contribution >= 4 is 27.2 Å². The number of nitrogens with zero attached hydrogens (tertiary/aromatic N) is 1. The van der Waals surface area contributed by atoms with E-state index in [1.165, 1.54) is 4.31 Å². The topological polar surface area (TPSA) is 72.6 Å². The first-order valence-electron chi connectivity index (χ1n) is 6.80. The number of benzene rings is 1. The van der Waals surface area contributed by atoms with E-state index in [4.69, 9.17) is 22.7 Å². The summed E-state index contributed by atoms with van der Waals surface area (Å²) in [5.41, 5.74) is 6.95. The second-order valence-corrected chi connectivity index (χ2v) is 7.80. The second kappa shape index (κ2) is 6.39. The average molecular weight is 328 g/mol. The van der Waals surface area contributed by atoms with E-state index in [-0.39, 0.29) is 22.9 Å². The van der Waals surface area contributed by atoms with E-state index in [9.17, 15) is 8.42 Å². The fraction of sp³-hybridized carbons (Fsp3) is 0.500. The van der Waals surface area contributed by atoms with Gasteiger partial charge in [-0.2, -0.15) is 4.31 Å². The zero-order valence-electron chi connectivity index (χ0n) is 12.2. The van der Waals surface area contributed by atoms with Crippen LogP contribution in [-0.2, 0) is 20.5 Å². The summed E-state index contributed by atoms with van der Waals surface area (Å²) in [6.07, 6.45) is -0.182. The molecule has 21 heavy (non-hydrogen) atoms. The fourth-order valence-electron chi connectivity index (χ4n) is 2.47. The number of hydrogen-bond acceptors (Lipinski definition) is 4. The van der Waals surface area contributed by atoms with Crippen LogP contribution >= 0.6 is 12.2 Å². The Balaban J connectivity index is 2.17. The van der Waals surface area contributed by atoms with E-state index in [2.05, 4.69) is 0 Å². The van der Waals surface area contributed by atoms with Gasteiger partial charge in [0.15, 0.2) is 0 Å². The molecule has 0 bridgehead atoms. The van der Waals surface area contributed by atoms with Gasteiger partial charge in [-0.3, -0.25) is 0 Å². The van der Waals surface area contributed by atoms with Crippen molar-refractivity contribution < 1.29 is 13.2 Å². The third kappa shape index (κ3) is 4.23. The fourth-order valence-corrected chi connectivity index (χ4v) is 4.26. The van der Waals surface area contributed by atoms with Gasteiger partial charge in [-0.15, -0.1) is 0 Å². The summed E-state index contributed by atoms with van der Waals surface area (Å²) in [6, 6.07) is 7.04. The first-order chi connectivity index (χ1) is 9.78. The molecule has 0 aromatic heterocycles. The van der Waals surface area contributed by atoms with E-state index in [0.29, 0.717) is 24.2 Å². The van der Waals surface area contributed by atoms with E-state index in [1.54, 1.807) is 24.3 Å². The van der Waals surface area contributed by atoms with Crippen LogP contribution in [-0.4, -0.2) is 43.0 Å². The maximum atomic E-state index is 12.5. The van der Waals surface area contributed by atoms with Gasteiger partial charge in [-0.05, 0) is 25.5 Å². The third-order valence-electron chi connectivity index (χ3n) is 3.34. The van der Waals surface area contributed by atoms with Gasteiger partial charge in [0.25, 0.3) is 0 Å². The van der Waals surface area contributed by atoms with Crippen LogP contribution in [0.1, 0.15) is 25.0 Å². The van der Waals surface area contributed by atoms with Crippen molar-refractivity contribution in [2.75, 3.05) is 13.1 Å². The molecule has 0 aliphatic carbocycles. The summed E-state index contributed by atoms with van der Waals surface area (Å²) in [5, 5.41) is 0. The predicted octanol–water partition coefficient (Wildman–Crippen LogP) is 1.26. The highest BCUT2D eigenvalue weighted by Gasteiger charge is 2.31. The van der Waals surface area contributed by atoms with Crippen molar-refractivity contribution in [3.05, 3.63) is 35.4 Å². The normalized spacial score (nSPS) is 23.9. The summed E-state index contributed by atoms with van der Waals surface area (Å²) in [5.74, 6) is -0.0527. The van der Waals surface area contributed by atoms with Crippen molar-refractivity contribution in [3.8, 4) is 0 Å². The minimum atomic E-state index is -3.38. The minimum absolute atomic E-state index is 0.0527. The molecule has 116 valence electrons. The molecule has 2 N–H and O–H groups in total. The van der Waals surface area contributed by atoms with Gasteiger partial charge >= 0.3 is 0 Å². The molecular formula is C14H20N2O3S2. The van der Waals surface area contributed by atoms with Gasteiger partial charge in [-0.25, -0.2) is 8.42 Å². The second-order valence-electron chi connectivity index (χ2n) is 5.40. The van der Waals surface area contributed by atoms with Gasteiger partial charge in [0.05, 0.1) is 18.0 Å². The summed E-state index contributed by atoms with van der Waals surface area (Å²) in [7, 11) is -3.38. The van der Waals surface area contributed by atoms with Crippen molar-refractivity contribution in [2.24, 2.45) is 5.73 Å². The molecule has 1 fully saturated rings. The Labute approximate surface area is 131 Å². The lowest BCUT2D eigenvalue weighted by Crippen LogP contribution is -2.48. The third-order valence-corrected chi connectivity index (χ3v) is 5.36. The summed E-state index contributed by atoms with van der Waals surface area (Å²) >= 11 is 4.92. The summed E-state index contributed by atoms with van der Waals surface area (Å²) in [4.78, 5) is 0.267. The van der Waals surface area contributed by atoms with Crippen molar-refractivity contribution in [1.82, 2.24) is 4.31 Å². The number of nitrogens with two attached hydrogens (primary N) is 1. The molecule has 2 atom stereocenters. The number of rotatable bonds is 4. The monoisotopic (exact) mass is 328 g/mol. The number of hydrogen-bond donors (Lipinski definition) is 1. The summed E-state index contributed by atoms with van der Waals surface area (Å²) in [6.45, 7) is 4.54. The van der Waals surface area contributed by atoms with Crippen molar-refractivity contribution in [1.29, 1.82) is 0 Å². The lowest BCUT2D eigenvalue weighted by molar-refractivity contribution is -0.0441. The molecular weight excluding hydrogens is 308 g/mol. The maximum absolute atomic E-state index is 12.5. The van der Waals surface area contributed by atoms with Crippen LogP contribution in [0.4, 0.5) is 0 Å². The first kappa shape index (κ1) is 16.4. The zero-order valence-corrected chi connectivity index (χ0v) is 13.8. The molecule has 1 aliphatic heterocycles. The number of sulfonamides is 1. The molecule has 1 heterocycles. The smallest absolute Gasteiger partial charge is 0.218 e. The predicted molar refractivity (Wildman–Crippen MR) is 86.5 cm³/mol. The first-order valence-corrected chi connectivity index (χ1v) is 8.81. The van der Waals surface area contributed by atoms with E-state index < -0.39 is 10.0 Å². The largest absolute Gasteiger partial charge is 0.389 e. The Bertz CT molecular complexity index is 621. The van der Waals surface area contributed by atoms with Gasteiger partial charge in [0, 0.05) is 18.7 Å². The van der Waals surface area contributed by atoms with Gasteiger partial charge in [0.1, 0.15) is 4.99 Å². The lowest BCUT2D eigenvalue weighted by Gasteiger charge is -2.34. The standard InChI is InChI=1S/C14H20N2O3S2/c1-10-7-16(8-11(2)19-10)21(17,18)9-12-4-3-5-13(6-12)14(15)20/h3-6,10-11H,7-9H2,1-2H3,(H2,15,20). The van der Waals surface area contributed by atoms with E-state index >= 15 is 0 Å². The Hall–Kier alpha value is -1.02. The van der Waals surface area contributed by atoms with Gasteiger partial charge in [0.2, 0.25) is 10.0 Å². The van der Waals surface area contributed by atoms with Crippen molar-refractivity contribution in [2.45, 2.75) is 31.8 Å². The molecule has 1 aliphatic rings. The number of thiocarbonyl (C=S) groups is 1. The van der Waals surface area contributed by atoms with Crippen LogP contribution in [0.15, 0.2) is 24.3 Å². The molecule has 7 heteroatoms. The summed E-state index contributed by atoms with van der Waals surface area (Å²) < 4.78 is 32.1. The quantitative estimate of drug-likeness (QED) is 0.843. The molecule has 0 amide bonds. The number of ether oxygens (including phenoxy) is 1. The molecule has 1 aromatic carbocycles. The molecule has 2 rings (SSSR count). The highest BCUT2D eigenvalue weighted by molar-refractivity contribution is 7.88. The molecule has 0 spiro atoms. The van der Waals surface area contributed by atoms with Crippen LogP contribution in [0, 0.1) is 0 Å². The Morgan fingerprint density at radius 3 is 2.57 bits per heavy atom. The van der Waals surface area contributed by atoms with E-state index in [0.717, 1.165) is 0 Å². The molecule has 5 nitrogen and oxygen atoms in total. The average Bonchev–Trinajstić information content (AvgIpc) is 2.37. The van der Waals surface area contributed by atoms with Crippen LogP contribution < -0.4 is 5.73 Å². The Morgan fingerprint density at radius 1 is 1.38 bits per heavy atom.